The van der Waals surface area contributed by atoms with Gasteiger partial charge in [-0.3, -0.25) is 19.7 Å². The zero-order valence-corrected chi connectivity index (χ0v) is 14.2. The number of hydrogen-bond acceptors (Lipinski definition) is 6. The Morgan fingerprint density at radius 3 is 2.78 bits per heavy atom. The highest BCUT2D eigenvalue weighted by Gasteiger charge is 2.35. The number of nitrogens with one attached hydrogen (secondary N) is 2. The molecular formula is C13H19ClN4O4S. The van der Waals surface area contributed by atoms with Crippen LogP contribution in [-0.2, 0) is 4.79 Å². The number of halogens is 1. The van der Waals surface area contributed by atoms with Crippen LogP contribution in [0.3, 0.4) is 0 Å². The van der Waals surface area contributed by atoms with Crippen LogP contribution < -0.4 is 10.6 Å². The second-order valence-corrected chi connectivity index (χ2v) is 6.01. The van der Waals surface area contributed by atoms with Gasteiger partial charge >= 0.3 is 5.00 Å². The summed E-state index contributed by atoms with van der Waals surface area (Å²) < 4.78 is 0. The van der Waals surface area contributed by atoms with Crippen molar-refractivity contribution in [3.63, 3.8) is 0 Å². The van der Waals surface area contributed by atoms with Gasteiger partial charge in [0.05, 0.1) is 9.80 Å². The summed E-state index contributed by atoms with van der Waals surface area (Å²) in [4.78, 5) is 36.6. The van der Waals surface area contributed by atoms with Gasteiger partial charge in [-0.1, -0.05) is 11.3 Å². The number of hydrogen-bond donors (Lipinski definition) is 2. The number of likely N-dealkylation sites (N-methyl/N-ethyl adjacent to an activating group) is 1. The van der Waals surface area contributed by atoms with Crippen LogP contribution in [0, 0.1) is 10.1 Å². The van der Waals surface area contributed by atoms with Crippen molar-refractivity contribution in [2.75, 3.05) is 26.7 Å². The first kappa shape index (κ1) is 19.3. The van der Waals surface area contributed by atoms with Crippen molar-refractivity contribution in [2.45, 2.75) is 18.9 Å². The summed E-state index contributed by atoms with van der Waals surface area (Å²) in [6, 6.07) is 2.26. The van der Waals surface area contributed by atoms with Gasteiger partial charge in [-0.25, -0.2) is 0 Å². The topological polar surface area (TPSA) is 105 Å². The van der Waals surface area contributed by atoms with Gasteiger partial charge in [-0.15, -0.1) is 12.4 Å². The Morgan fingerprint density at radius 2 is 2.17 bits per heavy atom. The van der Waals surface area contributed by atoms with Crippen LogP contribution in [0.15, 0.2) is 12.1 Å². The minimum Gasteiger partial charge on any atom is -0.353 e. The Labute approximate surface area is 143 Å². The third-order valence-electron chi connectivity index (χ3n) is 3.47. The molecule has 1 aliphatic heterocycles. The standard InChI is InChI=1S/C13H18N4O4S.ClH/c1-14-6-7-15-12(18)9-3-2-8-16(9)13(19)10-4-5-11(22-10)17(20)21;/h4-5,9,14H,2-3,6-8H2,1H3,(H,15,18);1H. The fraction of sp³-hybridized carbons (Fsp3) is 0.538. The highest BCUT2D eigenvalue weighted by molar-refractivity contribution is 7.17. The van der Waals surface area contributed by atoms with E-state index in [1.54, 1.807) is 7.05 Å². The Morgan fingerprint density at radius 1 is 1.43 bits per heavy atom. The molecule has 128 valence electrons. The van der Waals surface area contributed by atoms with E-state index in [4.69, 9.17) is 0 Å². The Hall–Kier alpha value is -1.71. The number of likely N-dealkylation sites (tertiary alicyclic amines) is 1. The second kappa shape index (κ2) is 8.80. The predicted molar refractivity (Wildman–Crippen MR) is 89.2 cm³/mol. The molecule has 0 aromatic carbocycles. The van der Waals surface area contributed by atoms with Crippen LogP contribution in [-0.4, -0.2) is 54.4 Å². The molecule has 1 atom stereocenters. The lowest BCUT2D eigenvalue weighted by atomic mass is 10.2. The molecule has 0 bridgehead atoms. The summed E-state index contributed by atoms with van der Waals surface area (Å²) in [6.45, 7) is 1.65. The Bertz CT molecular complexity index is 580. The van der Waals surface area contributed by atoms with Gasteiger partial charge in [-0.2, -0.15) is 0 Å². The van der Waals surface area contributed by atoms with E-state index in [0.717, 1.165) is 17.8 Å². The van der Waals surface area contributed by atoms with Crippen LogP contribution >= 0.6 is 23.7 Å². The Balaban J connectivity index is 0.00000264. The maximum atomic E-state index is 12.4. The number of carbonyl (C=O) groups is 2. The highest BCUT2D eigenvalue weighted by Crippen LogP contribution is 2.28. The minimum atomic E-state index is -0.520. The molecule has 1 saturated heterocycles. The van der Waals surface area contributed by atoms with Gasteiger partial charge in [0.15, 0.2) is 0 Å². The van der Waals surface area contributed by atoms with E-state index in [9.17, 15) is 19.7 Å². The summed E-state index contributed by atoms with van der Waals surface area (Å²) >= 11 is 0.839. The predicted octanol–water partition coefficient (Wildman–Crippen LogP) is 1.02. The summed E-state index contributed by atoms with van der Waals surface area (Å²) in [5, 5.41) is 16.3. The van der Waals surface area contributed by atoms with Crippen molar-refractivity contribution < 1.29 is 14.5 Å². The van der Waals surface area contributed by atoms with Crippen molar-refractivity contribution in [1.29, 1.82) is 0 Å². The molecule has 10 heteroatoms. The molecule has 0 radical (unpaired) electrons. The van der Waals surface area contributed by atoms with Crippen molar-refractivity contribution >= 4 is 40.6 Å². The fourth-order valence-corrected chi connectivity index (χ4v) is 3.17. The highest BCUT2D eigenvalue weighted by atomic mass is 35.5. The van der Waals surface area contributed by atoms with E-state index in [0.29, 0.717) is 30.9 Å². The average molecular weight is 363 g/mol. The molecular weight excluding hydrogens is 344 g/mol. The molecule has 0 spiro atoms. The van der Waals surface area contributed by atoms with E-state index in [1.807, 2.05) is 0 Å². The average Bonchev–Trinajstić information content (AvgIpc) is 3.16. The minimum absolute atomic E-state index is 0. The molecule has 23 heavy (non-hydrogen) atoms. The van der Waals surface area contributed by atoms with E-state index in [1.165, 1.54) is 17.0 Å². The summed E-state index contributed by atoms with van der Waals surface area (Å²) in [7, 11) is 1.79. The van der Waals surface area contributed by atoms with Crippen molar-refractivity contribution in [1.82, 2.24) is 15.5 Å². The van der Waals surface area contributed by atoms with E-state index in [-0.39, 0.29) is 29.2 Å². The van der Waals surface area contributed by atoms with E-state index < -0.39 is 11.0 Å². The third kappa shape index (κ3) is 4.63. The van der Waals surface area contributed by atoms with Gasteiger partial charge in [-0.05, 0) is 26.0 Å². The molecule has 1 aliphatic rings. The van der Waals surface area contributed by atoms with Crippen LogP contribution in [0.4, 0.5) is 5.00 Å². The lowest BCUT2D eigenvalue weighted by Crippen LogP contribution is -2.46. The molecule has 2 amide bonds. The number of thiophene rings is 1. The summed E-state index contributed by atoms with van der Waals surface area (Å²) in [6.07, 6.45) is 1.37. The number of carbonyl (C=O) groups excluding carboxylic acids is 2. The maximum absolute atomic E-state index is 12.4. The second-order valence-electron chi connectivity index (χ2n) is 4.95. The van der Waals surface area contributed by atoms with Crippen LogP contribution in [0.2, 0.25) is 0 Å². The molecule has 1 aromatic rings. The first-order valence-corrected chi connectivity index (χ1v) is 7.83. The molecule has 1 unspecified atom stereocenters. The van der Waals surface area contributed by atoms with Gasteiger partial charge in [0.2, 0.25) is 5.91 Å². The molecule has 0 aliphatic carbocycles. The molecule has 1 aromatic heterocycles. The quantitative estimate of drug-likeness (QED) is 0.446. The largest absolute Gasteiger partial charge is 0.353 e. The van der Waals surface area contributed by atoms with Gasteiger partial charge < -0.3 is 15.5 Å². The lowest BCUT2D eigenvalue weighted by Gasteiger charge is -2.23. The normalized spacial score (nSPS) is 16.7. The zero-order chi connectivity index (χ0) is 16.1. The molecule has 8 nitrogen and oxygen atoms in total. The summed E-state index contributed by atoms with van der Waals surface area (Å²) in [5.74, 6) is -0.489. The number of rotatable bonds is 6. The lowest BCUT2D eigenvalue weighted by molar-refractivity contribution is -0.380. The zero-order valence-electron chi connectivity index (χ0n) is 12.6. The number of nitro groups is 1. The Kier molecular flexibility index (Phi) is 7.40. The van der Waals surface area contributed by atoms with Crippen molar-refractivity contribution in [3.05, 3.63) is 27.1 Å². The van der Waals surface area contributed by atoms with Gasteiger partial charge in [0, 0.05) is 25.7 Å². The van der Waals surface area contributed by atoms with E-state index in [2.05, 4.69) is 10.6 Å². The molecule has 2 rings (SSSR count). The first-order valence-electron chi connectivity index (χ1n) is 7.02. The third-order valence-corrected chi connectivity index (χ3v) is 4.50. The number of amides is 2. The molecule has 1 fully saturated rings. The smallest absolute Gasteiger partial charge is 0.324 e. The van der Waals surface area contributed by atoms with E-state index >= 15 is 0 Å². The number of nitrogens with zero attached hydrogens (tertiary/aromatic N) is 2. The van der Waals surface area contributed by atoms with Crippen LogP contribution in [0.1, 0.15) is 22.5 Å². The SMILES string of the molecule is CNCCNC(=O)C1CCCN1C(=O)c1ccc([N+](=O)[O-])s1.Cl. The van der Waals surface area contributed by atoms with Crippen LogP contribution in [0.25, 0.3) is 0 Å². The first-order chi connectivity index (χ1) is 10.5. The molecule has 2 heterocycles. The fourth-order valence-electron chi connectivity index (χ4n) is 2.39. The van der Waals surface area contributed by atoms with Crippen LogP contribution in [0.5, 0.6) is 0 Å². The van der Waals surface area contributed by atoms with Gasteiger partial charge in [0.1, 0.15) is 6.04 Å². The van der Waals surface area contributed by atoms with Gasteiger partial charge in [0.25, 0.3) is 5.91 Å². The summed E-state index contributed by atoms with van der Waals surface area (Å²) in [5.41, 5.74) is 0. The van der Waals surface area contributed by atoms with Crippen molar-refractivity contribution in [2.24, 2.45) is 0 Å². The molecule has 0 saturated carbocycles. The molecule has 2 N–H and O–H groups in total. The monoisotopic (exact) mass is 362 g/mol. The van der Waals surface area contributed by atoms with Crippen molar-refractivity contribution in [3.8, 4) is 0 Å². The maximum Gasteiger partial charge on any atom is 0.324 e.